The minimum absolute atomic E-state index is 0.0471. The molecule has 0 unspecified atom stereocenters. The monoisotopic (exact) mass is 318 g/mol. The molecule has 0 aliphatic carbocycles. The van der Waals surface area contributed by atoms with Gasteiger partial charge in [0.2, 0.25) is 5.95 Å². The maximum atomic E-state index is 9.11. The second kappa shape index (κ2) is 6.50. The molecule has 0 saturated carbocycles. The zero-order chi connectivity index (χ0) is 15.5. The van der Waals surface area contributed by atoms with E-state index in [0.29, 0.717) is 5.95 Å². The molecule has 0 fully saturated rings. The first-order valence-corrected chi connectivity index (χ1v) is 7.76. The first kappa shape index (κ1) is 15.1. The smallest absolute Gasteiger partial charge is 0.224 e. The lowest BCUT2D eigenvalue weighted by Crippen LogP contribution is -2.31. The van der Waals surface area contributed by atoms with Gasteiger partial charge in [-0.05, 0) is 42.7 Å². The number of hydrogen-bond donors (Lipinski definition) is 2. The van der Waals surface area contributed by atoms with Gasteiger partial charge in [0.05, 0.1) is 6.61 Å². The van der Waals surface area contributed by atoms with Crippen LogP contribution in [0.4, 0.5) is 11.8 Å². The average Bonchev–Trinajstić information content (AvgIpc) is 2.54. The van der Waals surface area contributed by atoms with Gasteiger partial charge < -0.3 is 15.3 Å². The third-order valence-electron chi connectivity index (χ3n) is 3.79. The molecular weight excluding hydrogens is 300 g/mol. The Balaban J connectivity index is 1.78. The lowest BCUT2D eigenvalue weighted by molar-refractivity contribution is 0.281. The van der Waals surface area contributed by atoms with Gasteiger partial charge in [-0.2, -0.15) is 4.98 Å². The highest BCUT2D eigenvalue weighted by atomic mass is 35.5. The van der Waals surface area contributed by atoms with Crippen LogP contribution in [-0.4, -0.2) is 34.3 Å². The highest BCUT2D eigenvalue weighted by Crippen LogP contribution is 2.25. The molecule has 0 spiro atoms. The Labute approximate surface area is 135 Å². The molecule has 0 radical (unpaired) electrons. The largest absolute Gasteiger partial charge is 0.394 e. The van der Waals surface area contributed by atoms with Gasteiger partial charge in [0.1, 0.15) is 5.82 Å². The SMILES string of the molecule is C[C@@H](CO)Nc1nccc(N2CCc3cc(Cl)ccc3C2)n1. The number of aromatic nitrogens is 2. The summed E-state index contributed by atoms with van der Waals surface area (Å²) >= 11 is 6.05. The van der Waals surface area contributed by atoms with Gasteiger partial charge in [0.25, 0.3) is 0 Å². The van der Waals surface area contributed by atoms with Crippen molar-refractivity contribution < 1.29 is 5.11 Å². The van der Waals surface area contributed by atoms with Crippen LogP contribution >= 0.6 is 11.6 Å². The van der Waals surface area contributed by atoms with Gasteiger partial charge in [-0.1, -0.05) is 17.7 Å². The summed E-state index contributed by atoms with van der Waals surface area (Å²) in [5, 5.41) is 13.0. The summed E-state index contributed by atoms with van der Waals surface area (Å²) in [4.78, 5) is 11.0. The number of benzene rings is 1. The van der Waals surface area contributed by atoms with Crippen LogP contribution in [-0.2, 0) is 13.0 Å². The van der Waals surface area contributed by atoms with Crippen LogP contribution in [0.2, 0.25) is 5.02 Å². The maximum Gasteiger partial charge on any atom is 0.224 e. The van der Waals surface area contributed by atoms with Gasteiger partial charge >= 0.3 is 0 Å². The normalized spacial score (nSPS) is 15.3. The van der Waals surface area contributed by atoms with Gasteiger partial charge in [-0.25, -0.2) is 4.98 Å². The fraction of sp³-hybridized carbons (Fsp3) is 0.375. The van der Waals surface area contributed by atoms with Crippen molar-refractivity contribution >= 4 is 23.4 Å². The summed E-state index contributed by atoms with van der Waals surface area (Å²) in [5.74, 6) is 1.43. The van der Waals surface area contributed by atoms with E-state index in [1.54, 1.807) is 6.20 Å². The van der Waals surface area contributed by atoms with Crippen LogP contribution in [0, 0.1) is 0 Å². The molecule has 1 aromatic carbocycles. The van der Waals surface area contributed by atoms with Crippen LogP contribution < -0.4 is 10.2 Å². The number of aliphatic hydroxyl groups is 1. The first-order valence-electron chi connectivity index (χ1n) is 7.38. The van der Waals surface area contributed by atoms with Crippen LogP contribution in [0.25, 0.3) is 0 Å². The predicted molar refractivity (Wildman–Crippen MR) is 88.4 cm³/mol. The van der Waals surface area contributed by atoms with E-state index in [1.165, 1.54) is 11.1 Å². The Morgan fingerprint density at radius 3 is 3.05 bits per heavy atom. The van der Waals surface area contributed by atoms with E-state index in [4.69, 9.17) is 16.7 Å². The summed E-state index contributed by atoms with van der Waals surface area (Å²) in [7, 11) is 0. The van der Waals surface area contributed by atoms with Gasteiger partial charge in [-0.3, -0.25) is 0 Å². The third kappa shape index (κ3) is 3.31. The van der Waals surface area contributed by atoms with Crippen molar-refractivity contribution in [1.29, 1.82) is 0 Å². The number of nitrogens with zero attached hydrogens (tertiary/aromatic N) is 3. The number of fused-ring (bicyclic) bond motifs is 1. The molecule has 3 rings (SSSR count). The molecule has 116 valence electrons. The number of halogens is 1. The minimum Gasteiger partial charge on any atom is -0.394 e. The molecule has 5 nitrogen and oxygen atoms in total. The Morgan fingerprint density at radius 2 is 2.23 bits per heavy atom. The van der Waals surface area contributed by atoms with E-state index in [-0.39, 0.29) is 12.6 Å². The third-order valence-corrected chi connectivity index (χ3v) is 4.03. The molecule has 0 amide bonds. The summed E-state index contributed by atoms with van der Waals surface area (Å²) in [5.41, 5.74) is 2.59. The van der Waals surface area contributed by atoms with E-state index < -0.39 is 0 Å². The number of rotatable bonds is 4. The fourth-order valence-electron chi connectivity index (χ4n) is 2.58. The van der Waals surface area contributed by atoms with Gasteiger partial charge in [-0.15, -0.1) is 0 Å². The predicted octanol–water partition coefficient (Wildman–Crippen LogP) is 2.49. The summed E-state index contributed by atoms with van der Waals surface area (Å²) in [6, 6.07) is 7.90. The van der Waals surface area contributed by atoms with Gasteiger partial charge in [0.15, 0.2) is 0 Å². The summed E-state index contributed by atoms with van der Waals surface area (Å²) in [6.07, 6.45) is 2.70. The molecule has 1 aliphatic heterocycles. The molecule has 0 saturated heterocycles. The van der Waals surface area contributed by atoms with Crippen molar-refractivity contribution in [2.24, 2.45) is 0 Å². The molecule has 22 heavy (non-hydrogen) atoms. The second-order valence-electron chi connectivity index (χ2n) is 5.55. The summed E-state index contributed by atoms with van der Waals surface area (Å²) in [6.45, 7) is 3.65. The Hall–Kier alpha value is -1.85. The zero-order valence-corrected chi connectivity index (χ0v) is 13.2. The van der Waals surface area contributed by atoms with E-state index in [0.717, 1.165) is 30.4 Å². The average molecular weight is 319 g/mol. The standard InChI is InChI=1S/C16H19ClN4O/c1-11(10-22)19-16-18-6-4-15(20-16)21-7-5-12-8-14(17)3-2-13(12)9-21/h2-4,6,8,11,22H,5,7,9-10H2,1H3,(H,18,19,20)/t11-/m0/s1. The zero-order valence-electron chi connectivity index (χ0n) is 12.5. The highest BCUT2D eigenvalue weighted by Gasteiger charge is 2.18. The van der Waals surface area contributed by atoms with Crippen LogP contribution in [0.3, 0.4) is 0 Å². The van der Waals surface area contributed by atoms with Gasteiger partial charge in [0, 0.05) is 30.4 Å². The van der Waals surface area contributed by atoms with Crippen LogP contribution in [0.15, 0.2) is 30.5 Å². The molecule has 6 heteroatoms. The van der Waals surface area contributed by atoms with Crippen molar-refractivity contribution in [3.8, 4) is 0 Å². The van der Waals surface area contributed by atoms with Crippen LogP contribution in [0.1, 0.15) is 18.1 Å². The lowest BCUT2D eigenvalue weighted by Gasteiger charge is -2.30. The topological polar surface area (TPSA) is 61.3 Å². The number of aliphatic hydroxyl groups excluding tert-OH is 1. The molecule has 0 bridgehead atoms. The van der Waals surface area contributed by atoms with E-state index >= 15 is 0 Å². The maximum absolute atomic E-state index is 9.11. The lowest BCUT2D eigenvalue weighted by atomic mass is 10.00. The Morgan fingerprint density at radius 1 is 1.36 bits per heavy atom. The van der Waals surface area contributed by atoms with E-state index in [9.17, 15) is 0 Å². The summed E-state index contributed by atoms with van der Waals surface area (Å²) < 4.78 is 0. The molecule has 1 atom stereocenters. The molecule has 1 aliphatic rings. The van der Waals surface area contributed by atoms with Crippen molar-refractivity contribution in [2.75, 3.05) is 23.4 Å². The van der Waals surface area contributed by atoms with E-state index in [2.05, 4.69) is 26.3 Å². The van der Waals surface area contributed by atoms with Crippen LogP contribution in [0.5, 0.6) is 0 Å². The number of nitrogens with one attached hydrogen (secondary N) is 1. The minimum atomic E-state index is -0.0699. The van der Waals surface area contributed by atoms with E-state index in [1.807, 2.05) is 25.1 Å². The number of anilines is 2. The second-order valence-corrected chi connectivity index (χ2v) is 5.99. The molecular formula is C16H19ClN4O. The van der Waals surface area contributed by atoms with Crippen molar-refractivity contribution in [2.45, 2.75) is 25.9 Å². The van der Waals surface area contributed by atoms with Crippen molar-refractivity contribution in [3.05, 3.63) is 46.6 Å². The first-order chi connectivity index (χ1) is 10.7. The van der Waals surface area contributed by atoms with Crippen molar-refractivity contribution in [1.82, 2.24) is 9.97 Å². The molecule has 1 aromatic heterocycles. The fourth-order valence-corrected chi connectivity index (χ4v) is 2.77. The highest BCUT2D eigenvalue weighted by molar-refractivity contribution is 6.30. The number of hydrogen-bond acceptors (Lipinski definition) is 5. The Bertz CT molecular complexity index is 664. The quantitative estimate of drug-likeness (QED) is 0.907. The molecule has 2 heterocycles. The molecule has 2 aromatic rings. The molecule has 2 N–H and O–H groups in total. The Kier molecular flexibility index (Phi) is 4.45. The van der Waals surface area contributed by atoms with Crippen molar-refractivity contribution in [3.63, 3.8) is 0 Å².